The van der Waals surface area contributed by atoms with Gasteiger partial charge in [0.1, 0.15) is 0 Å². The number of halogens is 1. The Hall–Kier alpha value is -2.90. The molecule has 0 aliphatic rings. The lowest BCUT2D eigenvalue weighted by molar-refractivity contribution is 0.0962. The number of amides is 1. The standard InChI is InChI=1S/C19H16ClN3O3S/c1-21-19(24)15-9-14(11-22-12-15)13-7-8-17(20)18(10-13)23-27(25,26)16-5-3-2-4-6-16/h2-12,23H,1H3,(H,21,24). The second kappa shape index (κ2) is 7.77. The molecule has 0 saturated carbocycles. The maximum absolute atomic E-state index is 12.5. The van der Waals surface area contributed by atoms with Crippen molar-refractivity contribution in [3.8, 4) is 11.1 Å². The molecule has 1 aromatic heterocycles. The minimum Gasteiger partial charge on any atom is -0.355 e. The summed E-state index contributed by atoms with van der Waals surface area (Å²) in [5, 5.41) is 2.80. The van der Waals surface area contributed by atoms with Crippen LogP contribution in [0.15, 0.2) is 71.9 Å². The fourth-order valence-corrected chi connectivity index (χ4v) is 3.77. The molecule has 0 unspecified atom stereocenters. The molecule has 2 aromatic carbocycles. The Morgan fingerprint density at radius 1 is 1.00 bits per heavy atom. The van der Waals surface area contributed by atoms with Crippen molar-refractivity contribution in [2.45, 2.75) is 4.90 Å². The zero-order chi connectivity index (χ0) is 19.4. The number of benzene rings is 2. The van der Waals surface area contributed by atoms with Crippen molar-refractivity contribution in [3.05, 3.63) is 77.6 Å². The summed E-state index contributed by atoms with van der Waals surface area (Å²) in [6.45, 7) is 0. The molecule has 0 spiro atoms. The Kier molecular flexibility index (Phi) is 5.43. The van der Waals surface area contributed by atoms with Crippen molar-refractivity contribution < 1.29 is 13.2 Å². The van der Waals surface area contributed by atoms with Crippen LogP contribution in [-0.4, -0.2) is 26.4 Å². The zero-order valence-corrected chi connectivity index (χ0v) is 15.9. The number of aromatic nitrogens is 1. The number of pyridine rings is 1. The van der Waals surface area contributed by atoms with Gasteiger partial charge in [0.2, 0.25) is 0 Å². The number of hydrogen-bond donors (Lipinski definition) is 2. The van der Waals surface area contributed by atoms with Gasteiger partial charge in [0.05, 0.1) is 21.2 Å². The topological polar surface area (TPSA) is 88.2 Å². The average molecular weight is 402 g/mol. The molecule has 0 aliphatic carbocycles. The molecule has 3 rings (SSSR count). The van der Waals surface area contributed by atoms with Gasteiger partial charge in [0, 0.05) is 25.0 Å². The van der Waals surface area contributed by atoms with Crippen molar-refractivity contribution >= 4 is 33.2 Å². The summed E-state index contributed by atoms with van der Waals surface area (Å²) in [6, 6.07) is 14.6. The SMILES string of the molecule is CNC(=O)c1cncc(-c2ccc(Cl)c(NS(=O)(=O)c3ccccc3)c2)c1. The summed E-state index contributed by atoms with van der Waals surface area (Å²) in [6.07, 6.45) is 3.04. The summed E-state index contributed by atoms with van der Waals surface area (Å²) in [5.74, 6) is -0.261. The Morgan fingerprint density at radius 3 is 2.44 bits per heavy atom. The van der Waals surface area contributed by atoms with Crippen LogP contribution in [0.5, 0.6) is 0 Å². The number of sulfonamides is 1. The van der Waals surface area contributed by atoms with Gasteiger partial charge >= 0.3 is 0 Å². The van der Waals surface area contributed by atoms with Crippen molar-refractivity contribution in [3.63, 3.8) is 0 Å². The summed E-state index contributed by atoms with van der Waals surface area (Å²) in [4.78, 5) is 16.0. The normalized spacial score (nSPS) is 11.0. The van der Waals surface area contributed by atoms with Crippen LogP contribution in [0.25, 0.3) is 11.1 Å². The van der Waals surface area contributed by atoms with Gasteiger partial charge in [-0.25, -0.2) is 8.42 Å². The Morgan fingerprint density at radius 2 is 1.74 bits per heavy atom. The van der Waals surface area contributed by atoms with Gasteiger partial charge in [0.15, 0.2) is 0 Å². The van der Waals surface area contributed by atoms with Crippen LogP contribution in [-0.2, 0) is 10.0 Å². The van der Waals surface area contributed by atoms with E-state index in [-0.39, 0.29) is 21.5 Å². The number of nitrogens with one attached hydrogen (secondary N) is 2. The van der Waals surface area contributed by atoms with Crippen LogP contribution in [0, 0.1) is 0 Å². The van der Waals surface area contributed by atoms with E-state index in [9.17, 15) is 13.2 Å². The lowest BCUT2D eigenvalue weighted by Gasteiger charge is -2.12. The molecule has 138 valence electrons. The summed E-state index contributed by atoms with van der Waals surface area (Å²) in [5.41, 5.74) is 1.97. The molecule has 1 amide bonds. The smallest absolute Gasteiger partial charge is 0.261 e. The van der Waals surface area contributed by atoms with E-state index >= 15 is 0 Å². The first-order valence-electron chi connectivity index (χ1n) is 7.95. The lowest BCUT2D eigenvalue weighted by Crippen LogP contribution is -2.17. The largest absolute Gasteiger partial charge is 0.355 e. The highest BCUT2D eigenvalue weighted by Crippen LogP contribution is 2.30. The van der Waals surface area contributed by atoms with Gasteiger partial charge in [-0.1, -0.05) is 35.9 Å². The number of anilines is 1. The van der Waals surface area contributed by atoms with Crippen LogP contribution >= 0.6 is 11.6 Å². The maximum atomic E-state index is 12.5. The highest BCUT2D eigenvalue weighted by molar-refractivity contribution is 7.92. The first-order chi connectivity index (χ1) is 12.9. The Labute approximate surface area is 162 Å². The Balaban J connectivity index is 1.97. The van der Waals surface area contributed by atoms with Crippen molar-refractivity contribution in [2.24, 2.45) is 0 Å². The highest BCUT2D eigenvalue weighted by atomic mass is 35.5. The molecule has 0 saturated heterocycles. The van der Waals surface area contributed by atoms with E-state index in [1.165, 1.54) is 25.4 Å². The molecule has 0 bridgehead atoms. The van der Waals surface area contributed by atoms with Crippen LogP contribution in [0.3, 0.4) is 0 Å². The molecule has 1 heterocycles. The van der Waals surface area contributed by atoms with E-state index in [1.807, 2.05) is 0 Å². The monoisotopic (exact) mass is 401 g/mol. The third kappa shape index (κ3) is 4.27. The summed E-state index contributed by atoms with van der Waals surface area (Å²) < 4.78 is 27.6. The van der Waals surface area contributed by atoms with E-state index in [4.69, 9.17) is 11.6 Å². The fourth-order valence-electron chi connectivity index (χ4n) is 2.45. The first kappa shape index (κ1) is 18.9. The van der Waals surface area contributed by atoms with Gasteiger partial charge in [-0.3, -0.25) is 14.5 Å². The van der Waals surface area contributed by atoms with Gasteiger partial charge in [0.25, 0.3) is 15.9 Å². The molecular weight excluding hydrogens is 386 g/mol. The van der Waals surface area contributed by atoms with E-state index in [0.717, 1.165) is 0 Å². The fraction of sp³-hybridized carbons (Fsp3) is 0.0526. The van der Waals surface area contributed by atoms with Gasteiger partial charge in [-0.05, 0) is 35.9 Å². The molecule has 3 aromatic rings. The number of carbonyl (C=O) groups is 1. The Bertz CT molecular complexity index is 1090. The number of rotatable bonds is 5. The highest BCUT2D eigenvalue weighted by Gasteiger charge is 2.16. The van der Waals surface area contributed by atoms with E-state index in [2.05, 4.69) is 15.0 Å². The molecule has 0 aliphatic heterocycles. The molecule has 27 heavy (non-hydrogen) atoms. The summed E-state index contributed by atoms with van der Waals surface area (Å²) in [7, 11) is -2.24. The number of hydrogen-bond acceptors (Lipinski definition) is 4. The minimum absolute atomic E-state index is 0.134. The van der Waals surface area contributed by atoms with Crippen LogP contribution in [0.2, 0.25) is 5.02 Å². The lowest BCUT2D eigenvalue weighted by atomic mass is 10.1. The van der Waals surface area contributed by atoms with E-state index in [0.29, 0.717) is 16.7 Å². The predicted octanol–water partition coefficient (Wildman–Crippen LogP) is 3.56. The van der Waals surface area contributed by atoms with E-state index < -0.39 is 10.0 Å². The molecule has 2 N–H and O–H groups in total. The van der Waals surface area contributed by atoms with Crippen LogP contribution in [0.4, 0.5) is 5.69 Å². The van der Waals surface area contributed by atoms with Crippen molar-refractivity contribution in [1.29, 1.82) is 0 Å². The van der Waals surface area contributed by atoms with Gasteiger partial charge in [-0.2, -0.15) is 0 Å². The molecule has 8 heteroatoms. The predicted molar refractivity (Wildman–Crippen MR) is 105 cm³/mol. The number of nitrogens with zero attached hydrogens (tertiary/aromatic N) is 1. The van der Waals surface area contributed by atoms with Crippen LogP contribution in [0.1, 0.15) is 10.4 Å². The van der Waals surface area contributed by atoms with Gasteiger partial charge < -0.3 is 5.32 Å². The summed E-state index contributed by atoms with van der Waals surface area (Å²) >= 11 is 6.17. The van der Waals surface area contributed by atoms with Crippen molar-refractivity contribution in [2.75, 3.05) is 11.8 Å². The molecular formula is C19H16ClN3O3S. The second-order valence-corrected chi connectivity index (χ2v) is 7.74. The van der Waals surface area contributed by atoms with Crippen LogP contribution < -0.4 is 10.0 Å². The molecule has 0 atom stereocenters. The number of carbonyl (C=O) groups excluding carboxylic acids is 1. The van der Waals surface area contributed by atoms with E-state index in [1.54, 1.807) is 48.7 Å². The average Bonchev–Trinajstić information content (AvgIpc) is 2.69. The maximum Gasteiger partial charge on any atom is 0.261 e. The van der Waals surface area contributed by atoms with Gasteiger partial charge in [-0.15, -0.1) is 0 Å². The minimum atomic E-state index is -3.77. The first-order valence-corrected chi connectivity index (χ1v) is 9.82. The molecule has 0 fully saturated rings. The third-order valence-electron chi connectivity index (χ3n) is 3.83. The quantitative estimate of drug-likeness (QED) is 0.684. The van der Waals surface area contributed by atoms with Crippen molar-refractivity contribution in [1.82, 2.24) is 10.3 Å². The third-order valence-corrected chi connectivity index (χ3v) is 5.54. The second-order valence-electron chi connectivity index (χ2n) is 5.65. The zero-order valence-electron chi connectivity index (χ0n) is 14.3. The molecule has 6 nitrogen and oxygen atoms in total. The molecule has 0 radical (unpaired) electrons.